The molecular weight excluding hydrogens is 296 g/mol. The first-order chi connectivity index (χ1) is 10.6. The standard InChI is InChI=1S/C16H20N4OS/c1-11(12-6-4-3-5-7-12)17-14(21)10-22-16-19-18-15(20(16)2)13-8-9-13/h3-7,11,13H,8-10H2,1-2H3,(H,17,21)/t11-/m1/s1. The lowest BCUT2D eigenvalue weighted by molar-refractivity contribution is -0.119. The number of nitrogens with one attached hydrogen (secondary N) is 1. The van der Waals surface area contributed by atoms with Crippen molar-refractivity contribution in [1.29, 1.82) is 0 Å². The van der Waals surface area contributed by atoms with E-state index in [0.29, 0.717) is 11.7 Å². The summed E-state index contributed by atoms with van der Waals surface area (Å²) in [5.41, 5.74) is 1.11. The molecule has 1 aromatic heterocycles. The van der Waals surface area contributed by atoms with Crippen molar-refractivity contribution in [2.24, 2.45) is 7.05 Å². The van der Waals surface area contributed by atoms with Crippen LogP contribution in [0.4, 0.5) is 0 Å². The Kier molecular flexibility index (Phi) is 4.47. The Hall–Kier alpha value is -1.82. The number of carbonyl (C=O) groups excluding carboxylic acids is 1. The van der Waals surface area contributed by atoms with E-state index in [9.17, 15) is 4.79 Å². The van der Waals surface area contributed by atoms with Gasteiger partial charge < -0.3 is 9.88 Å². The third kappa shape index (κ3) is 3.50. The number of thioether (sulfide) groups is 1. The maximum atomic E-state index is 12.1. The summed E-state index contributed by atoms with van der Waals surface area (Å²) < 4.78 is 2.01. The molecule has 6 heteroatoms. The highest BCUT2D eigenvalue weighted by atomic mass is 32.2. The maximum absolute atomic E-state index is 12.1. The third-order valence-corrected chi connectivity index (χ3v) is 4.84. The molecule has 1 amide bonds. The number of aromatic nitrogens is 3. The summed E-state index contributed by atoms with van der Waals surface area (Å²) in [5.74, 6) is 1.98. The van der Waals surface area contributed by atoms with E-state index in [4.69, 9.17) is 0 Å². The molecule has 3 rings (SSSR count). The van der Waals surface area contributed by atoms with Crippen LogP contribution in [0.15, 0.2) is 35.5 Å². The SMILES string of the molecule is C[C@@H](NC(=O)CSc1nnc(C2CC2)n1C)c1ccccc1. The summed E-state index contributed by atoms with van der Waals surface area (Å²) >= 11 is 1.44. The van der Waals surface area contributed by atoms with Crippen LogP contribution in [0.5, 0.6) is 0 Å². The Labute approximate surface area is 134 Å². The molecule has 0 unspecified atom stereocenters. The summed E-state index contributed by atoms with van der Waals surface area (Å²) in [5, 5.41) is 12.2. The number of nitrogens with zero attached hydrogens (tertiary/aromatic N) is 3. The summed E-state index contributed by atoms with van der Waals surface area (Å²) in [7, 11) is 1.97. The largest absolute Gasteiger partial charge is 0.349 e. The Morgan fingerprint density at radius 2 is 2.09 bits per heavy atom. The molecule has 2 aromatic rings. The quantitative estimate of drug-likeness (QED) is 0.832. The van der Waals surface area contributed by atoms with Crippen molar-refractivity contribution in [3.05, 3.63) is 41.7 Å². The molecule has 116 valence electrons. The van der Waals surface area contributed by atoms with Crippen molar-refractivity contribution in [3.8, 4) is 0 Å². The highest BCUT2D eigenvalue weighted by Gasteiger charge is 2.29. The molecule has 0 saturated heterocycles. The van der Waals surface area contributed by atoms with Gasteiger partial charge in [0.15, 0.2) is 5.16 Å². The van der Waals surface area contributed by atoms with E-state index < -0.39 is 0 Å². The van der Waals surface area contributed by atoms with Crippen LogP contribution in [0.1, 0.15) is 43.1 Å². The minimum atomic E-state index is 0.0100. The molecule has 5 nitrogen and oxygen atoms in total. The molecule has 1 N–H and O–H groups in total. The van der Waals surface area contributed by atoms with E-state index in [2.05, 4.69) is 15.5 Å². The van der Waals surface area contributed by atoms with Crippen LogP contribution in [0.3, 0.4) is 0 Å². The molecule has 0 radical (unpaired) electrons. The lowest BCUT2D eigenvalue weighted by atomic mass is 10.1. The second kappa shape index (κ2) is 6.52. The third-order valence-electron chi connectivity index (χ3n) is 3.82. The van der Waals surface area contributed by atoms with Gasteiger partial charge in [0.25, 0.3) is 0 Å². The molecule has 1 aromatic carbocycles. The Morgan fingerprint density at radius 1 is 1.36 bits per heavy atom. The zero-order valence-electron chi connectivity index (χ0n) is 12.8. The van der Waals surface area contributed by atoms with Crippen molar-refractivity contribution in [2.75, 3.05) is 5.75 Å². The molecule has 0 spiro atoms. The predicted octanol–water partition coefficient (Wildman–Crippen LogP) is 2.66. The van der Waals surface area contributed by atoms with E-state index in [-0.39, 0.29) is 11.9 Å². The van der Waals surface area contributed by atoms with Crippen LogP contribution in [0, 0.1) is 0 Å². The Morgan fingerprint density at radius 3 is 2.77 bits per heavy atom. The van der Waals surface area contributed by atoms with Crippen LogP contribution in [0.2, 0.25) is 0 Å². The minimum absolute atomic E-state index is 0.0100. The molecule has 0 aliphatic heterocycles. The van der Waals surface area contributed by atoms with E-state index in [1.54, 1.807) is 0 Å². The van der Waals surface area contributed by atoms with E-state index in [0.717, 1.165) is 16.5 Å². The average molecular weight is 316 g/mol. The van der Waals surface area contributed by atoms with E-state index in [1.165, 1.54) is 24.6 Å². The predicted molar refractivity (Wildman–Crippen MR) is 86.7 cm³/mol. The van der Waals surface area contributed by atoms with Gasteiger partial charge in [0.05, 0.1) is 11.8 Å². The smallest absolute Gasteiger partial charge is 0.230 e. The topological polar surface area (TPSA) is 59.8 Å². The lowest BCUT2D eigenvalue weighted by Crippen LogP contribution is -2.28. The summed E-state index contributed by atoms with van der Waals surface area (Å²) in [4.78, 5) is 12.1. The molecule has 1 aliphatic carbocycles. The molecule has 1 fully saturated rings. The van der Waals surface area contributed by atoms with Crippen LogP contribution in [-0.4, -0.2) is 26.4 Å². The maximum Gasteiger partial charge on any atom is 0.230 e. The van der Waals surface area contributed by atoms with Crippen molar-refractivity contribution in [3.63, 3.8) is 0 Å². The summed E-state index contributed by atoms with van der Waals surface area (Å²) in [6.45, 7) is 1.99. The van der Waals surface area contributed by atoms with E-state index in [1.807, 2.05) is 48.9 Å². The first kappa shape index (κ1) is 15.1. The van der Waals surface area contributed by atoms with Gasteiger partial charge in [-0.2, -0.15) is 0 Å². The number of rotatable bonds is 6. The molecule has 1 heterocycles. The fourth-order valence-corrected chi connectivity index (χ4v) is 3.12. The molecule has 22 heavy (non-hydrogen) atoms. The van der Waals surface area contributed by atoms with Gasteiger partial charge in [0, 0.05) is 13.0 Å². The molecule has 1 atom stereocenters. The zero-order chi connectivity index (χ0) is 15.5. The van der Waals surface area contributed by atoms with Gasteiger partial charge in [-0.1, -0.05) is 42.1 Å². The van der Waals surface area contributed by atoms with Gasteiger partial charge in [-0.15, -0.1) is 10.2 Å². The van der Waals surface area contributed by atoms with Crippen LogP contribution >= 0.6 is 11.8 Å². The number of carbonyl (C=O) groups is 1. The van der Waals surface area contributed by atoms with Crippen LogP contribution in [-0.2, 0) is 11.8 Å². The average Bonchev–Trinajstić information content (AvgIpc) is 3.30. The van der Waals surface area contributed by atoms with Gasteiger partial charge >= 0.3 is 0 Å². The lowest BCUT2D eigenvalue weighted by Gasteiger charge is -2.13. The van der Waals surface area contributed by atoms with Gasteiger partial charge in [-0.3, -0.25) is 4.79 Å². The highest BCUT2D eigenvalue weighted by Crippen LogP contribution is 2.39. The number of hydrogen-bond donors (Lipinski definition) is 1. The Balaban J connectivity index is 1.52. The monoisotopic (exact) mass is 316 g/mol. The number of benzene rings is 1. The normalized spacial score (nSPS) is 15.5. The van der Waals surface area contributed by atoms with Crippen molar-refractivity contribution < 1.29 is 4.79 Å². The van der Waals surface area contributed by atoms with Crippen molar-refractivity contribution in [2.45, 2.75) is 36.9 Å². The van der Waals surface area contributed by atoms with Gasteiger partial charge in [-0.05, 0) is 25.3 Å². The second-order valence-electron chi connectivity index (χ2n) is 5.66. The molecule has 0 bridgehead atoms. The summed E-state index contributed by atoms with van der Waals surface area (Å²) in [6.07, 6.45) is 2.40. The van der Waals surface area contributed by atoms with Crippen molar-refractivity contribution in [1.82, 2.24) is 20.1 Å². The van der Waals surface area contributed by atoms with Crippen LogP contribution in [0.25, 0.3) is 0 Å². The van der Waals surface area contributed by atoms with Gasteiger partial charge in [0.1, 0.15) is 5.82 Å². The summed E-state index contributed by atoms with van der Waals surface area (Å²) in [6, 6.07) is 9.97. The van der Waals surface area contributed by atoms with Crippen molar-refractivity contribution >= 4 is 17.7 Å². The molecule has 1 saturated carbocycles. The first-order valence-corrected chi connectivity index (χ1v) is 8.50. The minimum Gasteiger partial charge on any atom is -0.349 e. The molecular formula is C16H20N4OS. The second-order valence-corrected chi connectivity index (χ2v) is 6.61. The number of amides is 1. The Bertz CT molecular complexity index is 651. The fourth-order valence-electron chi connectivity index (χ4n) is 2.39. The highest BCUT2D eigenvalue weighted by molar-refractivity contribution is 7.99. The van der Waals surface area contributed by atoms with Gasteiger partial charge in [0.2, 0.25) is 5.91 Å². The van der Waals surface area contributed by atoms with E-state index >= 15 is 0 Å². The fraction of sp³-hybridized carbons (Fsp3) is 0.438. The van der Waals surface area contributed by atoms with Gasteiger partial charge in [-0.25, -0.2) is 0 Å². The number of hydrogen-bond acceptors (Lipinski definition) is 4. The zero-order valence-corrected chi connectivity index (χ0v) is 13.6. The van der Waals surface area contributed by atoms with Crippen LogP contribution < -0.4 is 5.32 Å². The molecule has 1 aliphatic rings. The first-order valence-electron chi connectivity index (χ1n) is 7.51.